The van der Waals surface area contributed by atoms with E-state index in [-0.39, 0.29) is 0 Å². The lowest BCUT2D eigenvalue weighted by Gasteiger charge is -2.26. The molecular weight excluding hydrogens is 773 g/mol. The average molecular weight is 815 g/mol. The first-order valence-electron chi connectivity index (χ1n) is 22.0. The molecule has 1 aromatic heterocycles. The molecule has 0 radical (unpaired) electrons. The summed E-state index contributed by atoms with van der Waals surface area (Å²) in [5.41, 5.74) is 16.5. The Labute approximate surface area is 373 Å². The van der Waals surface area contributed by atoms with Gasteiger partial charge >= 0.3 is 0 Å². The third kappa shape index (κ3) is 6.52. The molecule has 0 atom stereocenters. The van der Waals surface area contributed by atoms with Crippen LogP contribution < -0.4 is 4.90 Å². The number of fused-ring (bicyclic) bond motifs is 6. The number of benzene rings is 11. The van der Waals surface area contributed by atoms with Crippen molar-refractivity contribution in [1.29, 1.82) is 0 Å². The molecule has 11 aromatic carbocycles. The van der Waals surface area contributed by atoms with Crippen LogP contribution in [0.15, 0.2) is 255 Å². The van der Waals surface area contributed by atoms with E-state index in [1.54, 1.807) is 0 Å². The average Bonchev–Trinajstić information content (AvgIpc) is 3.72. The summed E-state index contributed by atoms with van der Waals surface area (Å²) in [6.45, 7) is 0. The first kappa shape index (κ1) is 37.3. The Kier molecular flexibility index (Phi) is 9.20. The van der Waals surface area contributed by atoms with E-state index in [0.29, 0.717) is 0 Å². The fourth-order valence-corrected chi connectivity index (χ4v) is 9.71. The minimum Gasteiger partial charge on any atom is -0.311 e. The zero-order valence-corrected chi connectivity index (χ0v) is 35.1. The monoisotopic (exact) mass is 814 g/mol. The van der Waals surface area contributed by atoms with Crippen LogP contribution in [0.3, 0.4) is 0 Å². The minimum absolute atomic E-state index is 1.09. The summed E-state index contributed by atoms with van der Waals surface area (Å²) in [5.74, 6) is 0. The van der Waals surface area contributed by atoms with E-state index in [1.165, 1.54) is 87.9 Å². The molecule has 0 fully saturated rings. The molecule has 0 aliphatic heterocycles. The van der Waals surface area contributed by atoms with Gasteiger partial charge in [0.2, 0.25) is 0 Å². The Morgan fingerprint density at radius 1 is 0.266 bits per heavy atom. The van der Waals surface area contributed by atoms with Crippen LogP contribution in [-0.2, 0) is 0 Å². The molecule has 2 nitrogen and oxygen atoms in total. The maximum atomic E-state index is 2.44. The van der Waals surface area contributed by atoms with E-state index in [2.05, 4.69) is 264 Å². The lowest BCUT2D eigenvalue weighted by atomic mass is 9.94. The Morgan fingerprint density at radius 2 is 0.719 bits per heavy atom. The standard InChI is InChI=1S/C62H42N2/c1-3-14-44(15-4-1)54-22-11-12-23-56(54)47-28-36-52(37-29-47)63(53-38-30-48(31-39-53)57-25-13-18-45-16-7-9-21-55(45)57)51-34-26-43(27-35-51)49-33-40-59-60-41-32-46-17-8-10-24-58(46)62(60)64(61(59)42-49)50-19-5-2-6-20-50/h1-42H. The fraction of sp³-hybridized carbons (Fsp3) is 0. The highest BCUT2D eigenvalue weighted by molar-refractivity contribution is 6.19. The SMILES string of the molecule is c1ccc(-c2ccccc2-c2ccc(N(c3ccc(-c4ccc5c6ccc7ccccc7c6n(-c6ccccc6)c5c4)cc3)c3ccc(-c4cccc5ccccc45)cc3)cc2)cc1. The molecule has 300 valence electrons. The van der Waals surface area contributed by atoms with Gasteiger partial charge in [0.1, 0.15) is 0 Å². The molecule has 0 aliphatic rings. The topological polar surface area (TPSA) is 8.17 Å². The summed E-state index contributed by atoms with van der Waals surface area (Å²) in [4.78, 5) is 2.37. The summed E-state index contributed by atoms with van der Waals surface area (Å²) < 4.78 is 2.44. The molecular formula is C62H42N2. The van der Waals surface area contributed by atoms with Crippen molar-refractivity contribution in [3.8, 4) is 50.2 Å². The van der Waals surface area contributed by atoms with Crippen molar-refractivity contribution in [2.75, 3.05) is 4.90 Å². The number of rotatable bonds is 8. The third-order valence-electron chi connectivity index (χ3n) is 12.8. The summed E-state index contributed by atoms with van der Waals surface area (Å²) in [5, 5.41) is 7.50. The molecule has 12 rings (SSSR count). The van der Waals surface area contributed by atoms with Crippen LogP contribution in [0.1, 0.15) is 0 Å². The molecule has 0 amide bonds. The summed E-state index contributed by atoms with van der Waals surface area (Å²) in [7, 11) is 0. The van der Waals surface area contributed by atoms with Gasteiger partial charge in [-0.15, -0.1) is 0 Å². The van der Waals surface area contributed by atoms with Crippen molar-refractivity contribution in [3.05, 3.63) is 255 Å². The van der Waals surface area contributed by atoms with E-state index in [9.17, 15) is 0 Å². The molecule has 0 N–H and O–H groups in total. The number of nitrogens with zero attached hydrogens (tertiary/aromatic N) is 2. The van der Waals surface area contributed by atoms with Gasteiger partial charge in [0.25, 0.3) is 0 Å². The van der Waals surface area contributed by atoms with Crippen LogP contribution in [0.25, 0.3) is 93.5 Å². The van der Waals surface area contributed by atoms with E-state index in [1.807, 2.05) is 0 Å². The van der Waals surface area contributed by atoms with Gasteiger partial charge in [0.15, 0.2) is 0 Å². The summed E-state index contributed by atoms with van der Waals surface area (Å²) in [6.07, 6.45) is 0. The van der Waals surface area contributed by atoms with Crippen LogP contribution in [0.4, 0.5) is 17.1 Å². The number of anilines is 3. The quantitative estimate of drug-likeness (QED) is 0.148. The molecule has 2 heteroatoms. The fourth-order valence-electron chi connectivity index (χ4n) is 9.71. The zero-order chi connectivity index (χ0) is 42.4. The van der Waals surface area contributed by atoms with Gasteiger partial charge < -0.3 is 9.47 Å². The van der Waals surface area contributed by atoms with Crippen molar-refractivity contribution in [2.45, 2.75) is 0 Å². The van der Waals surface area contributed by atoms with Crippen molar-refractivity contribution in [3.63, 3.8) is 0 Å². The molecule has 0 unspecified atom stereocenters. The number of hydrogen-bond donors (Lipinski definition) is 0. The van der Waals surface area contributed by atoms with Crippen LogP contribution in [-0.4, -0.2) is 4.57 Å². The van der Waals surface area contributed by atoms with Gasteiger partial charge in [0, 0.05) is 38.9 Å². The first-order chi connectivity index (χ1) is 31.7. The van der Waals surface area contributed by atoms with Crippen molar-refractivity contribution in [2.24, 2.45) is 0 Å². The summed E-state index contributed by atoms with van der Waals surface area (Å²) in [6, 6.07) is 92.6. The Morgan fingerprint density at radius 3 is 1.38 bits per heavy atom. The Hall–Kier alpha value is -8.46. The van der Waals surface area contributed by atoms with E-state index >= 15 is 0 Å². The number of para-hydroxylation sites is 1. The van der Waals surface area contributed by atoms with Gasteiger partial charge in [-0.1, -0.05) is 200 Å². The molecule has 1 heterocycles. The van der Waals surface area contributed by atoms with Crippen molar-refractivity contribution < 1.29 is 0 Å². The van der Waals surface area contributed by atoms with Crippen LogP contribution in [0, 0.1) is 0 Å². The van der Waals surface area contributed by atoms with Crippen molar-refractivity contribution in [1.82, 2.24) is 4.57 Å². The predicted molar refractivity (Wildman–Crippen MR) is 272 cm³/mol. The van der Waals surface area contributed by atoms with Crippen LogP contribution >= 0.6 is 0 Å². The normalized spacial score (nSPS) is 11.4. The van der Waals surface area contributed by atoms with Gasteiger partial charge in [-0.3, -0.25) is 0 Å². The second kappa shape index (κ2) is 15.8. The van der Waals surface area contributed by atoms with E-state index < -0.39 is 0 Å². The first-order valence-corrected chi connectivity index (χ1v) is 22.0. The molecule has 0 aliphatic carbocycles. The molecule has 0 saturated heterocycles. The molecule has 64 heavy (non-hydrogen) atoms. The largest absolute Gasteiger partial charge is 0.311 e. The highest BCUT2D eigenvalue weighted by atomic mass is 15.1. The highest BCUT2D eigenvalue weighted by Crippen LogP contribution is 2.42. The van der Waals surface area contributed by atoms with Crippen LogP contribution in [0.5, 0.6) is 0 Å². The van der Waals surface area contributed by atoms with Gasteiger partial charge in [-0.25, -0.2) is 0 Å². The minimum atomic E-state index is 1.09. The van der Waals surface area contributed by atoms with E-state index in [4.69, 9.17) is 0 Å². The van der Waals surface area contributed by atoms with Gasteiger partial charge in [-0.05, 0) is 115 Å². The number of hydrogen-bond acceptors (Lipinski definition) is 1. The Bertz CT molecular complexity index is 3620. The van der Waals surface area contributed by atoms with Crippen LogP contribution in [0.2, 0.25) is 0 Å². The van der Waals surface area contributed by atoms with Crippen molar-refractivity contribution >= 4 is 60.4 Å². The molecule has 12 aromatic rings. The second-order valence-corrected chi connectivity index (χ2v) is 16.5. The third-order valence-corrected chi connectivity index (χ3v) is 12.8. The maximum Gasteiger partial charge on any atom is 0.0619 e. The zero-order valence-electron chi connectivity index (χ0n) is 35.1. The smallest absolute Gasteiger partial charge is 0.0619 e. The lowest BCUT2D eigenvalue weighted by Crippen LogP contribution is -2.09. The van der Waals surface area contributed by atoms with Gasteiger partial charge in [0.05, 0.1) is 11.0 Å². The molecule has 0 bridgehead atoms. The maximum absolute atomic E-state index is 2.44. The predicted octanol–water partition coefficient (Wildman–Crippen LogP) is 17.2. The molecule has 0 saturated carbocycles. The van der Waals surface area contributed by atoms with Gasteiger partial charge in [-0.2, -0.15) is 0 Å². The Balaban J connectivity index is 0.955. The number of aromatic nitrogens is 1. The van der Waals surface area contributed by atoms with E-state index in [0.717, 1.165) is 22.7 Å². The lowest BCUT2D eigenvalue weighted by molar-refractivity contribution is 1.19. The highest BCUT2D eigenvalue weighted by Gasteiger charge is 2.18. The molecule has 0 spiro atoms. The summed E-state index contributed by atoms with van der Waals surface area (Å²) >= 11 is 0. The second-order valence-electron chi connectivity index (χ2n) is 16.5.